The number of hydrogen-bond acceptors (Lipinski definition) is 5. The molecule has 0 rings (SSSR count). The van der Waals surface area contributed by atoms with E-state index in [-0.39, 0.29) is 12.5 Å². The lowest BCUT2D eigenvalue weighted by molar-refractivity contribution is -0.142. The third-order valence-electron chi connectivity index (χ3n) is 1.74. The molecule has 6 nitrogen and oxygen atoms in total. The molecule has 3 N–H and O–H groups in total. The predicted molar refractivity (Wildman–Crippen MR) is 54.0 cm³/mol. The summed E-state index contributed by atoms with van der Waals surface area (Å²) in [6.45, 7) is 3.80. The molecule has 0 saturated carbocycles. The zero-order valence-electron chi connectivity index (χ0n) is 9.24. The average molecular weight is 218 g/mol. The van der Waals surface area contributed by atoms with Gasteiger partial charge in [0.15, 0.2) is 0 Å². The molecule has 0 amide bonds. The zero-order chi connectivity index (χ0) is 11.8. The van der Waals surface area contributed by atoms with Crippen molar-refractivity contribution in [1.82, 2.24) is 10.9 Å². The van der Waals surface area contributed by atoms with Gasteiger partial charge in [0.05, 0.1) is 7.11 Å². The van der Waals surface area contributed by atoms with E-state index >= 15 is 0 Å². The SMILES string of the molecule is COC(=O)CNN[C@@H](CC(C)C)C(=O)O. The first-order valence-corrected chi connectivity index (χ1v) is 4.75. The predicted octanol–water partition coefficient (Wildman–Crippen LogP) is -0.247. The minimum absolute atomic E-state index is 0.0572. The Labute approximate surface area is 89.0 Å². The van der Waals surface area contributed by atoms with E-state index in [1.807, 2.05) is 13.8 Å². The maximum Gasteiger partial charge on any atom is 0.322 e. The third kappa shape index (κ3) is 6.87. The Balaban J connectivity index is 3.86. The second kappa shape index (κ2) is 7.19. The molecule has 0 bridgehead atoms. The standard InChI is InChI=1S/C9H18N2O4/c1-6(2)4-7(9(13)14)11-10-5-8(12)15-3/h6-7,10-11H,4-5H2,1-3H3,(H,13,14)/t7-/m0/s1. The first-order chi connectivity index (χ1) is 6.97. The van der Waals surface area contributed by atoms with Crippen molar-refractivity contribution in [2.75, 3.05) is 13.7 Å². The fourth-order valence-electron chi connectivity index (χ4n) is 1.01. The van der Waals surface area contributed by atoms with E-state index in [9.17, 15) is 9.59 Å². The minimum Gasteiger partial charge on any atom is -0.480 e. The largest absolute Gasteiger partial charge is 0.480 e. The van der Waals surface area contributed by atoms with E-state index in [4.69, 9.17) is 5.11 Å². The van der Waals surface area contributed by atoms with E-state index in [1.165, 1.54) is 7.11 Å². The maximum atomic E-state index is 10.8. The number of ether oxygens (including phenoxy) is 1. The maximum absolute atomic E-state index is 10.8. The third-order valence-corrected chi connectivity index (χ3v) is 1.74. The Bertz CT molecular complexity index is 218. The summed E-state index contributed by atoms with van der Waals surface area (Å²) in [7, 11) is 1.27. The summed E-state index contributed by atoms with van der Waals surface area (Å²) in [5, 5.41) is 8.83. The highest BCUT2D eigenvalue weighted by molar-refractivity contribution is 5.73. The molecule has 0 aromatic heterocycles. The number of hydrogen-bond donors (Lipinski definition) is 3. The van der Waals surface area contributed by atoms with E-state index < -0.39 is 18.0 Å². The lowest BCUT2D eigenvalue weighted by Gasteiger charge is -2.16. The van der Waals surface area contributed by atoms with Gasteiger partial charge in [-0.05, 0) is 12.3 Å². The Hall–Kier alpha value is -1.14. The van der Waals surface area contributed by atoms with Gasteiger partial charge in [-0.3, -0.25) is 9.59 Å². The van der Waals surface area contributed by atoms with E-state index in [0.29, 0.717) is 6.42 Å². The van der Waals surface area contributed by atoms with Crippen molar-refractivity contribution >= 4 is 11.9 Å². The van der Waals surface area contributed by atoms with Crippen LogP contribution in [0.4, 0.5) is 0 Å². The lowest BCUT2D eigenvalue weighted by Crippen LogP contribution is -2.48. The summed E-state index contributed by atoms with van der Waals surface area (Å²) in [6, 6.07) is -0.699. The number of methoxy groups -OCH3 is 1. The van der Waals surface area contributed by atoms with Crippen molar-refractivity contribution in [3.63, 3.8) is 0 Å². The molecule has 0 fully saturated rings. The molecule has 0 unspecified atom stereocenters. The molecule has 1 atom stereocenters. The van der Waals surface area contributed by atoms with Crippen molar-refractivity contribution in [2.45, 2.75) is 26.3 Å². The van der Waals surface area contributed by atoms with E-state index in [2.05, 4.69) is 15.6 Å². The second-order valence-electron chi connectivity index (χ2n) is 3.59. The van der Waals surface area contributed by atoms with Gasteiger partial charge < -0.3 is 9.84 Å². The van der Waals surface area contributed by atoms with Crippen LogP contribution in [0.1, 0.15) is 20.3 Å². The van der Waals surface area contributed by atoms with Gasteiger partial charge >= 0.3 is 11.9 Å². The van der Waals surface area contributed by atoms with Crippen LogP contribution >= 0.6 is 0 Å². The molecular weight excluding hydrogens is 200 g/mol. The van der Waals surface area contributed by atoms with Crippen LogP contribution < -0.4 is 10.9 Å². The molecule has 0 aliphatic heterocycles. The number of rotatable bonds is 7. The highest BCUT2D eigenvalue weighted by atomic mass is 16.5. The Morgan fingerprint density at radius 2 is 2.00 bits per heavy atom. The first kappa shape index (κ1) is 13.9. The zero-order valence-corrected chi connectivity index (χ0v) is 9.24. The van der Waals surface area contributed by atoms with Crippen molar-refractivity contribution in [1.29, 1.82) is 0 Å². The smallest absolute Gasteiger partial charge is 0.322 e. The number of hydrazine groups is 1. The van der Waals surface area contributed by atoms with Crippen LogP contribution in [-0.4, -0.2) is 36.7 Å². The van der Waals surface area contributed by atoms with E-state index in [1.54, 1.807) is 0 Å². The summed E-state index contributed by atoms with van der Waals surface area (Å²) in [5.41, 5.74) is 5.08. The van der Waals surface area contributed by atoms with Gasteiger partial charge in [0.1, 0.15) is 12.6 Å². The molecule has 0 aromatic carbocycles. The number of carbonyl (C=O) groups is 2. The van der Waals surface area contributed by atoms with Crippen molar-refractivity contribution in [2.24, 2.45) is 5.92 Å². The number of esters is 1. The van der Waals surface area contributed by atoms with Crippen LogP contribution in [-0.2, 0) is 14.3 Å². The van der Waals surface area contributed by atoms with Gasteiger partial charge in [0.25, 0.3) is 0 Å². The normalized spacial score (nSPS) is 12.5. The Morgan fingerprint density at radius 1 is 1.40 bits per heavy atom. The van der Waals surface area contributed by atoms with Crippen LogP contribution in [0.3, 0.4) is 0 Å². The molecule has 0 spiro atoms. The quantitative estimate of drug-likeness (QED) is 0.403. The highest BCUT2D eigenvalue weighted by Gasteiger charge is 2.18. The highest BCUT2D eigenvalue weighted by Crippen LogP contribution is 2.03. The number of carboxylic acid groups (broad SMARTS) is 1. The molecule has 88 valence electrons. The second-order valence-corrected chi connectivity index (χ2v) is 3.59. The van der Waals surface area contributed by atoms with Crippen LogP contribution in [0.5, 0.6) is 0 Å². The topological polar surface area (TPSA) is 87.7 Å². The van der Waals surface area contributed by atoms with Crippen LogP contribution in [0.25, 0.3) is 0 Å². The Kier molecular flexibility index (Phi) is 6.64. The van der Waals surface area contributed by atoms with E-state index in [0.717, 1.165) is 0 Å². The molecule has 0 heterocycles. The van der Waals surface area contributed by atoms with Crippen LogP contribution in [0.2, 0.25) is 0 Å². The molecule has 15 heavy (non-hydrogen) atoms. The van der Waals surface area contributed by atoms with Crippen molar-refractivity contribution < 1.29 is 19.4 Å². The molecule has 6 heteroatoms. The summed E-state index contributed by atoms with van der Waals surface area (Å²) < 4.78 is 4.38. The summed E-state index contributed by atoms with van der Waals surface area (Å²) in [4.78, 5) is 21.5. The molecule has 0 radical (unpaired) electrons. The average Bonchev–Trinajstić information content (AvgIpc) is 2.15. The van der Waals surface area contributed by atoms with Crippen LogP contribution in [0, 0.1) is 5.92 Å². The molecule has 0 aliphatic carbocycles. The fraction of sp³-hybridized carbons (Fsp3) is 0.778. The summed E-state index contributed by atoms with van der Waals surface area (Å²) in [6.07, 6.45) is 0.490. The number of aliphatic carboxylic acids is 1. The molecule has 0 saturated heterocycles. The molecular formula is C9H18N2O4. The van der Waals surface area contributed by atoms with Gasteiger partial charge in [-0.25, -0.2) is 10.9 Å². The first-order valence-electron chi connectivity index (χ1n) is 4.75. The number of carbonyl (C=O) groups excluding carboxylic acids is 1. The van der Waals surface area contributed by atoms with Crippen molar-refractivity contribution in [3.05, 3.63) is 0 Å². The summed E-state index contributed by atoms with van der Waals surface area (Å²) >= 11 is 0. The number of carboxylic acids is 1. The lowest BCUT2D eigenvalue weighted by atomic mass is 10.0. The van der Waals surface area contributed by atoms with Gasteiger partial charge in [0, 0.05) is 0 Å². The summed E-state index contributed by atoms with van der Waals surface area (Å²) in [5.74, 6) is -1.13. The number of nitrogens with one attached hydrogen (secondary N) is 2. The Morgan fingerprint density at radius 3 is 2.40 bits per heavy atom. The minimum atomic E-state index is -0.943. The van der Waals surface area contributed by atoms with Crippen molar-refractivity contribution in [3.8, 4) is 0 Å². The monoisotopic (exact) mass is 218 g/mol. The molecule has 0 aliphatic rings. The fourth-order valence-corrected chi connectivity index (χ4v) is 1.01. The van der Waals surface area contributed by atoms with Gasteiger partial charge in [-0.2, -0.15) is 0 Å². The van der Waals surface area contributed by atoms with Gasteiger partial charge in [-0.15, -0.1) is 0 Å². The van der Waals surface area contributed by atoms with Gasteiger partial charge in [-0.1, -0.05) is 13.8 Å². The van der Waals surface area contributed by atoms with Crippen LogP contribution in [0.15, 0.2) is 0 Å². The molecule has 0 aromatic rings. The van der Waals surface area contributed by atoms with Gasteiger partial charge in [0.2, 0.25) is 0 Å².